The Balaban J connectivity index is 2.88. The summed E-state index contributed by atoms with van der Waals surface area (Å²) in [5.41, 5.74) is 0.501. The largest absolute Gasteiger partial charge is 0.469 e. The quantitative estimate of drug-likeness (QED) is 0.862. The topological polar surface area (TPSA) is 45.0 Å². The van der Waals surface area contributed by atoms with Gasteiger partial charge in [-0.3, -0.25) is 0 Å². The van der Waals surface area contributed by atoms with E-state index in [0.29, 0.717) is 18.5 Å². The minimum Gasteiger partial charge on any atom is -0.469 e. The van der Waals surface area contributed by atoms with Crippen LogP contribution in [0.1, 0.15) is 32.8 Å². The Labute approximate surface area is 112 Å². The number of nitrogens with zero attached hydrogens (tertiary/aromatic N) is 1. The van der Waals surface area contributed by atoms with E-state index in [1.54, 1.807) is 6.92 Å². The number of ether oxygens (including phenoxy) is 1. The van der Waals surface area contributed by atoms with Crippen molar-refractivity contribution in [3.05, 3.63) is 29.3 Å². The first-order chi connectivity index (χ1) is 8.97. The molecule has 1 N–H and O–H groups in total. The van der Waals surface area contributed by atoms with Crippen molar-refractivity contribution in [3.8, 4) is 11.8 Å². The number of hydrogen-bond donors (Lipinski definition) is 1. The van der Waals surface area contributed by atoms with Crippen molar-refractivity contribution < 1.29 is 13.5 Å². The van der Waals surface area contributed by atoms with Crippen LogP contribution in [0.25, 0.3) is 0 Å². The number of hydrogen-bond acceptors (Lipinski definition) is 3. The van der Waals surface area contributed by atoms with Crippen LogP contribution in [0.15, 0.2) is 12.1 Å². The molecule has 0 spiro atoms. The summed E-state index contributed by atoms with van der Waals surface area (Å²) in [5, 5.41) is 11.8. The molecule has 0 aromatic heterocycles. The van der Waals surface area contributed by atoms with Crippen LogP contribution >= 0.6 is 0 Å². The van der Waals surface area contributed by atoms with Gasteiger partial charge in [0.1, 0.15) is 6.07 Å². The van der Waals surface area contributed by atoms with Crippen molar-refractivity contribution in [1.29, 1.82) is 5.26 Å². The second-order valence-corrected chi connectivity index (χ2v) is 4.57. The summed E-state index contributed by atoms with van der Waals surface area (Å²) in [6, 6.07) is 4.51. The maximum Gasteiger partial charge on any atom is 0.192 e. The zero-order valence-electron chi connectivity index (χ0n) is 11.3. The fourth-order valence-corrected chi connectivity index (χ4v) is 1.49. The highest BCUT2D eigenvalue weighted by Crippen LogP contribution is 2.25. The number of rotatable bonds is 6. The van der Waals surface area contributed by atoms with Gasteiger partial charge in [-0.2, -0.15) is 5.26 Å². The van der Waals surface area contributed by atoms with E-state index in [1.807, 2.05) is 19.9 Å². The Morgan fingerprint density at radius 1 is 1.32 bits per heavy atom. The maximum absolute atomic E-state index is 13.8. The van der Waals surface area contributed by atoms with Gasteiger partial charge in [0.05, 0.1) is 0 Å². The standard InChI is InChI=1S/C14H18F2N2O/c1-4-11(7-17)19-14-12(15)5-10(6-13(14)16)8-18-9(2)3/h5-6,9,11,18H,4,8H2,1-3H3. The molecule has 0 heterocycles. The van der Waals surface area contributed by atoms with E-state index in [0.717, 1.165) is 0 Å². The molecule has 1 unspecified atom stereocenters. The Morgan fingerprint density at radius 2 is 1.89 bits per heavy atom. The molecule has 19 heavy (non-hydrogen) atoms. The third-order valence-electron chi connectivity index (χ3n) is 2.55. The molecule has 1 aromatic rings. The molecule has 0 aliphatic heterocycles. The first-order valence-electron chi connectivity index (χ1n) is 6.25. The van der Waals surface area contributed by atoms with E-state index in [9.17, 15) is 8.78 Å². The zero-order valence-corrected chi connectivity index (χ0v) is 11.3. The molecule has 1 rings (SSSR count). The van der Waals surface area contributed by atoms with Crippen molar-refractivity contribution in [3.63, 3.8) is 0 Å². The second-order valence-electron chi connectivity index (χ2n) is 4.57. The van der Waals surface area contributed by atoms with E-state index in [2.05, 4.69) is 5.32 Å². The molecule has 0 saturated heterocycles. The first kappa shape index (κ1) is 15.4. The lowest BCUT2D eigenvalue weighted by Gasteiger charge is -2.14. The minimum atomic E-state index is -0.844. The van der Waals surface area contributed by atoms with Crippen molar-refractivity contribution >= 4 is 0 Å². The fourth-order valence-electron chi connectivity index (χ4n) is 1.49. The maximum atomic E-state index is 13.8. The normalized spacial score (nSPS) is 12.3. The van der Waals surface area contributed by atoms with E-state index in [1.165, 1.54) is 12.1 Å². The summed E-state index contributed by atoms with van der Waals surface area (Å²) in [5.74, 6) is -2.05. The number of nitrogens with one attached hydrogen (secondary N) is 1. The molecule has 3 nitrogen and oxygen atoms in total. The summed E-state index contributed by atoms with van der Waals surface area (Å²) in [6.45, 7) is 5.98. The monoisotopic (exact) mass is 268 g/mol. The SMILES string of the molecule is CCC(C#N)Oc1c(F)cc(CNC(C)C)cc1F. The number of halogens is 2. The minimum absolute atomic E-state index is 0.227. The van der Waals surface area contributed by atoms with Crippen LogP contribution in [0.4, 0.5) is 8.78 Å². The third-order valence-corrected chi connectivity index (χ3v) is 2.55. The van der Waals surface area contributed by atoms with Crippen LogP contribution < -0.4 is 10.1 Å². The fraction of sp³-hybridized carbons (Fsp3) is 0.500. The van der Waals surface area contributed by atoms with Gasteiger partial charge in [0.2, 0.25) is 0 Å². The van der Waals surface area contributed by atoms with Crippen LogP contribution in [0.5, 0.6) is 5.75 Å². The van der Waals surface area contributed by atoms with Crippen LogP contribution in [0.2, 0.25) is 0 Å². The van der Waals surface area contributed by atoms with Gasteiger partial charge in [-0.05, 0) is 24.1 Å². The molecule has 0 fully saturated rings. The van der Waals surface area contributed by atoms with Crippen LogP contribution in [0.3, 0.4) is 0 Å². The lowest BCUT2D eigenvalue weighted by molar-refractivity contribution is 0.228. The van der Waals surface area contributed by atoms with Gasteiger partial charge < -0.3 is 10.1 Å². The third kappa shape index (κ3) is 4.49. The highest BCUT2D eigenvalue weighted by Gasteiger charge is 2.16. The van der Waals surface area contributed by atoms with Gasteiger partial charge in [-0.1, -0.05) is 20.8 Å². The van der Waals surface area contributed by atoms with E-state index in [-0.39, 0.29) is 6.04 Å². The van der Waals surface area contributed by atoms with Crippen molar-refractivity contribution in [2.45, 2.75) is 45.9 Å². The number of nitriles is 1. The average molecular weight is 268 g/mol. The molecule has 0 amide bonds. The summed E-state index contributed by atoms with van der Waals surface area (Å²) in [4.78, 5) is 0. The lowest BCUT2D eigenvalue weighted by Crippen LogP contribution is -2.22. The van der Waals surface area contributed by atoms with Gasteiger partial charge in [-0.15, -0.1) is 0 Å². The van der Waals surface area contributed by atoms with Crippen molar-refractivity contribution in [2.24, 2.45) is 0 Å². The molecular formula is C14H18F2N2O. The molecule has 1 atom stereocenters. The van der Waals surface area contributed by atoms with Gasteiger partial charge in [-0.25, -0.2) is 8.78 Å². The average Bonchev–Trinajstić information content (AvgIpc) is 2.36. The van der Waals surface area contributed by atoms with E-state index in [4.69, 9.17) is 10.00 Å². The summed E-state index contributed by atoms with van der Waals surface area (Å²) < 4.78 is 32.6. The smallest absolute Gasteiger partial charge is 0.192 e. The Hall–Kier alpha value is -1.67. The molecule has 0 bridgehead atoms. The molecule has 5 heteroatoms. The van der Waals surface area contributed by atoms with Crippen LogP contribution in [-0.2, 0) is 6.54 Å². The molecule has 104 valence electrons. The van der Waals surface area contributed by atoms with Gasteiger partial charge in [0.15, 0.2) is 23.5 Å². The molecule has 0 aliphatic carbocycles. The van der Waals surface area contributed by atoms with Gasteiger partial charge in [0.25, 0.3) is 0 Å². The van der Waals surface area contributed by atoms with Crippen LogP contribution in [-0.4, -0.2) is 12.1 Å². The molecule has 1 aromatic carbocycles. The van der Waals surface area contributed by atoms with Crippen molar-refractivity contribution in [1.82, 2.24) is 5.32 Å². The molecular weight excluding hydrogens is 250 g/mol. The summed E-state index contributed by atoms with van der Waals surface area (Å²) in [6.07, 6.45) is -0.477. The predicted molar refractivity (Wildman–Crippen MR) is 68.7 cm³/mol. The van der Waals surface area contributed by atoms with Gasteiger partial charge in [0, 0.05) is 12.6 Å². The zero-order chi connectivity index (χ0) is 14.4. The van der Waals surface area contributed by atoms with E-state index >= 15 is 0 Å². The Morgan fingerprint density at radius 3 is 2.32 bits per heavy atom. The van der Waals surface area contributed by atoms with Crippen molar-refractivity contribution in [2.75, 3.05) is 0 Å². The number of benzene rings is 1. The van der Waals surface area contributed by atoms with E-state index < -0.39 is 23.5 Å². The predicted octanol–water partition coefficient (Wildman–Crippen LogP) is 3.14. The lowest BCUT2D eigenvalue weighted by atomic mass is 10.2. The molecule has 0 radical (unpaired) electrons. The Bertz CT molecular complexity index is 446. The highest BCUT2D eigenvalue weighted by molar-refractivity contribution is 5.32. The summed E-state index contributed by atoms with van der Waals surface area (Å²) >= 11 is 0. The molecule has 0 aliphatic rings. The first-order valence-corrected chi connectivity index (χ1v) is 6.25. The van der Waals surface area contributed by atoms with Crippen LogP contribution in [0, 0.1) is 23.0 Å². The highest BCUT2D eigenvalue weighted by atomic mass is 19.1. The van der Waals surface area contributed by atoms with Gasteiger partial charge >= 0.3 is 0 Å². The second kappa shape index (κ2) is 7.05. The Kier molecular flexibility index (Phi) is 5.71. The summed E-state index contributed by atoms with van der Waals surface area (Å²) in [7, 11) is 0. The molecule has 0 saturated carbocycles.